The third kappa shape index (κ3) is 3.31. The van der Waals surface area contributed by atoms with Crippen LogP contribution in [0.5, 0.6) is 0 Å². The number of rotatable bonds is 6. The molecule has 1 saturated heterocycles. The molecule has 2 aliphatic rings. The van der Waals surface area contributed by atoms with E-state index in [9.17, 15) is 4.79 Å². The first-order chi connectivity index (χ1) is 9.10. The van der Waals surface area contributed by atoms with Crippen molar-refractivity contribution in [1.82, 2.24) is 10.2 Å². The topological polar surface area (TPSA) is 32.3 Å². The van der Waals surface area contributed by atoms with Gasteiger partial charge in [0.1, 0.15) is 0 Å². The minimum Gasteiger partial charge on any atom is -0.340 e. The van der Waals surface area contributed by atoms with Crippen LogP contribution in [-0.2, 0) is 4.79 Å². The first-order valence-electron chi connectivity index (χ1n) is 8.12. The minimum absolute atomic E-state index is 0.332. The van der Waals surface area contributed by atoms with Gasteiger partial charge in [-0.3, -0.25) is 4.79 Å². The van der Waals surface area contributed by atoms with E-state index in [1.807, 2.05) is 0 Å². The Morgan fingerprint density at radius 3 is 2.58 bits per heavy atom. The first kappa shape index (κ1) is 14.8. The highest BCUT2D eigenvalue weighted by molar-refractivity contribution is 5.83. The lowest BCUT2D eigenvalue weighted by Crippen LogP contribution is -2.41. The minimum atomic E-state index is 0.332. The van der Waals surface area contributed by atoms with Gasteiger partial charge in [0, 0.05) is 18.5 Å². The van der Waals surface area contributed by atoms with Crippen LogP contribution < -0.4 is 5.32 Å². The highest BCUT2D eigenvalue weighted by atomic mass is 16.2. The molecule has 2 fully saturated rings. The monoisotopic (exact) mass is 266 g/mol. The molecule has 0 aromatic heterocycles. The molecule has 1 heterocycles. The predicted molar refractivity (Wildman–Crippen MR) is 79.0 cm³/mol. The first-order valence-corrected chi connectivity index (χ1v) is 8.12. The van der Waals surface area contributed by atoms with Gasteiger partial charge < -0.3 is 10.2 Å². The quantitative estimate of drug-likeness (QED) is 0.750. The molecule has 1 aliphatic carbocycles. The van der Waals surface area contributed by atoms with Crippen molar-refractivity contribution in [1.29, 1.82) is 0 Å². The van der Waals surface area contributed by atoms with Crippen molar-refractivity contribution < 1.29 is 4.79 Å². The van der Waals surface area contributed by atoms with Crippen LogP contribution >= 0.6 is 0 Å². The van der Waals surface area contributed by atoms with E-state index in [4.69, 9.17) is 0 Å². The van der Waals surface area contributed by atoms with E-state index in [0.717, 1.165) is 32.5 Å². The molecule has 1 aliphatic heterocycles. The van der Waals surface area contributed by atoms with Crippen LogP contribution in [-0.4, -0.2) is 36.5 Å². The van der Waals surface area contributed by atoms with Crippen molar-refractivity contribution in [2.75, 3.05) is 19.6 Å². The van der Waals surface area contributed by atoms with Crippen molar-refractivity contribution in [3.05, 3.63) is 0 Å². The van der Waals surface area contributed by atoms with Crippen LogP contribution in [0, 0.1) is 11.3 Å². The number of amides is 1. The van der Waals surface area contributed by atoms with Gasteiger partial charge in [-0.15, -0.1) is 0 Å². The normalized spacial score (nSPS) is 24.7. The number of hydrogen-bond donors (Lipinski definition) is 1. The number of carbonyl (C=O) groups excluding carboxylic acids is 1. The van der Waals surface area contributed by atoms with Crippen LogP contribution in [0.3, 0.4) is 0 Å². The molecular formula is C16H30N2O. The summed E-state index contributed by atoms with van der Waals surface area (Å²) in [5.41, 5.74) is 0.375. The second-order valence-electron chi connectivity index (χ2n) is 6.70. The number of nitrogens with zero attached hydrogens (tertiary/aromatic N) is 1. The molecular weight excluding hydrogens is 236 g/mol. The summed E-state index contributed by atoms with van der Waals surface area (Å²) >= 11 is 0. The largest absolute Gasteiger partial charge is 0.340 e. The molecule has 1 amide bonds. The molecule has 0 bridgehead atoms. The summed E-state index contributed by atoms with van der Waals surface area (Å²) in [7, 11) is 0. The molecule has 1 atom stereocenters. The van der Waals surface area contributed by atoms with Crippen LogP contribution in [0.15, 0.2) is 0 Å². The fourth-order valence-corrected chi connectivity index (χ4v) is 3.53. The van der Waals surface area contributed by atoms with Crippen molar-refractivity contribution in [2.45, 2.75) is 65.3 Å². The van der Waals surface area contributed by atoms with E-state index in [1.165, 1.54) is 25.7 Å². The van der Waals surface area contributed by atoms with Crippen molar-refractivity contribution in [2.24, 2.45) is 11.3 Å². The van der Waals surface area contributed by atoms with E-state index < -0.39 is 0 Å². The average Bonchev–Trinajstić information content (AvgIpc) is 3.08. The lowest BCUT2D eigenvalue weighted by Gasteiger charge is -2.29. The van der Waals surface area contributed by atoms with Gasteiger partial charge >= 0.3 is 0 Å². The third-order valence-electron chi connectivity index (χ3n) is 5.00. The zero-order valence-corrected chi connectivity index (χ0v) is 12.9. The van der Waals surface area contributed by atoms with Crippen LogP contribution in [0.1, 0.15) is 59.3 Å². The third-order valence-corrected chi connectivity index (χ3v) is 5.00. The van der Waals surface area contributed by atoms with E-state index in [0.29, 0.717) is 23.3 Å². The Morgan fingerprint density at radius 1 is 1.32 bits per heavy atom. The van der Waals surface area contributed by atoms with E-state index in [-0.39, 0.29) is 0 Å². The maximum absolute atomic E-state index is 12.7. The molecule has 1 unspecified atom stereocenters. The average molecular weight is 266 g/mol. The molecule has 1 spiro atoms. The van der Waals surface area contributed by atoms with Crippen molar-refractivity contribution >= 4 is 5.91 Å². The standard InChI is InChI=1S/C16H30N2O/c1-4-5-6-11-18(13(2)3)15(19)14-12-16(14)7-9-17-10-8-16/h13-14,17H,4-12H2,1-3H3. The lowest BCUT2D eigenvalue weighted by atomic mass is 9.91. The molecule has 1 saturated carbocycles. The van der Waals surface area contributed by atoms with Gasteiger partial charge in [0.25, 0.3) is 0 Å². The summed E-state index contributed by atoms with van der Waals surface area (Å²) in [4.78, 5) is 14.9. The van der Waals surface area contributed by atoms with Gasteiger partial charge in [-0.25, -0.2) is 0 Å². The number of carbonyl (C=O) groups is 1. The molecule has 0 aromatic rings. The van der Waals surface area contributed by atoms with Crippen LogP contribution in [0.25, 0.3) is 0 Å². The maximum atomic E-state index is 12.7. The summed E-state index contributed by atoms with van der Waals surface area (Å²) < 4.78 is 0. The highest BCUT2D eigenvalue weighted by Crippen LogP contribution is 2.59. The van der Waals surface area contributed by atoms with E-state index in [1.54, 1.807) is 0 Å². The van der Waals surface area contributed by atoms with Gasteiger partial charge in [0.05, 0.1) is 0 Å². The zero-order valence-electron chi connectivity index (χ0n) is 12.9. The summed E-state index contributed by atoms with van der Waals surface area (Å²) in [6, 6.07) is 0.351. The molecule has 3 heteroatoms. The van der Waals surface area contributed by atoms with Crippen molar-refractivity contribution in [3.63, 3.8) is 0 Å². The SMILES string of the molecule is CCCCCN(C(=O)C1CC12CCNCC2)C(C)C. The zero-order chi connectivity index (χ0) is 13.9. The summed E-state index contributed by atoms with van der Waals surface area (Å²) in [6.45, 7) is 9.67. The molecule has 19 heavy (non-hydrogen) atoms. The highest BCUT2D eigenvalue weighted by Gasteiger charge is 2.58. The Morgan fingerprint density at radius 2 is 2.00 bits per heavy atom. The molecule has 2 rings (SSSR count). The Kier molecular flexibility index (Phi) is 4.88. The van der Waals surface area contributed by atoms with Gasteiger partial charge in [-0.1, -0.05) is 19.8 Å². The fourth-order valence-electron chi connectivity index (χ4n) is 3.53. The molecule has 1 N–H and O–H groups in total. The second-order valence-corrected chi connectivity index (χ2v) is 6.70. The Bertz CT molecular complexity index is 308. The molecule has 3 nitrogen and oxygen atoms in total. The smallest absolute Gasteiger partial charge is 0.226 e. The maximum Gasteiger partial charge on any atom is 0.226 e. The fraction of sp³-hybridized carbons (Fsp3) is 0.938. The lowest BCUT2D eigenvalue weighted by molar-refractivity contribution is -0.135. The summed E-state index contributed by atoms with van der Waals surface area (Å²) in [5, 5.41) is 3.41. The Labute approximate surface area is 118 Å². The van der Waals surface area contributed by atoms with Gasteiger partial charge in [0.15, 0.2) is 0 Å². The second kappa shape index (κ2) is 6.25. The van der Waals surface area contributed by atoms with Crippen LogP contribution in [0.4, 0.5) is 0 Å². The van der Waals surface area contributed by atoms with Gasteiger partial charge in [-0.2, -0.15) is 0 Å². The van der Waals surface area contributed by atoms with Crippen molar-refractivity contribution in [3.8, 4) is 0 Å². The number of nitrogens with one attached hydrogen (secondary N) is 1. The van der Waals surface area contributed by atoms with E-state index >= 15 is 0 Å². The summed E-state index contributed by atoms with van der Waals surface area (Å²) in [6.07, 6.45) is 7.15. The predicted octanol–water partition coefficient (Wildman–Crippen LogP) is 2.80. The van der Waals surface area contributed by atoms with Crippen LogP contribution in [0.2, 0.25) is 0 Å². The Balaban J connectivity index is 1.89. The Hall–Kier alpha value is -0.570. The summed E-state index contributed by atoms with van der Waals surface area (Å²) in [5.74, 6) is 0.770. The number of unbranched alkanes of at least 4 members (excludes halogenated alkanes) is 2. The number of piperidine rings is 1. The molecule has 0 radical (unpaired) electrons. The van der Waals surface area contributed by atoms with Gasteiger partial charge in [-0.05, 0) is 58.0 Å². The molecule has 110 valence electrons. The number of hydrogen-bond acceptors (Lipinski definition) is 2. The van der Waals surface area contributed by atoms with Gasteiger partial charge in [0.2, 0.25) is 5.91 Å². The molecule has 0 aromatic carbocycles. The van der Waals surface area contributed by atoms with E-state index in [2.05, 4.69) is 31.0 Å².